The van der Waals surface area contributed by atoms with Gasteiger partial charge < -0.3 is 4.42 Å². The minimum atomic E-state index is -0.709. The number of Topliss-reactive ketones (excluding diaryl/α,β-unsaturated/α-hetero) is 1. The van der Waals surface area contributed by atoms with Gasteiger partial charge in [-0.2, -0.15) is 9.37 Å². The van der Waals surface area contributed by atoms with Gasteiger partial charge in [-0.25, -0.2) is 4.98 Å². The molecule has 0 N–H and O–H groups in total. The molecule has 0 bridgehead atoms. The lowest BCUT2D eigenvalue weighted by molar-refractivity contribution is 0.0809. The van der Waals surface area contributed by atoms with Gasteiger partial charge in [-0.1, -0.05) is 13.8 Å². The maximum absolute atomic E-state index is 14.2. The molecule has 1 aliphatic carbocycles. The summed E-state index contributed by atoms with van der Waals surface area (Å²) in [6.07, 6.45) is 4.54. The van der Waals surface area contributed by atoms with Gasteiger partial charge in [0.2, 0.25) is 5.89 Å². The summed E-state index contributed by atoms with van der Waals surface area (Å²) in [5.74, 6) is -0.501. The van der Waals surface area contributed by atoms with Crippen LogP contribution < -0.4 is 0 Å². The monoisotopic (exact) mass is 337 g/mol. The first kappa shape index (κ1) is 15.6. The van der Waals surface area contributed by atoms with Crippen molar-refractivity contribution in [2.75, 3.05) is 0 Å². The van der Waals surface area contributed by atoms with E-state index < -0.39 is 5.95 Å². The summed E-state index contributed by atoms with van der Waals surface area (Å²) in [5.41, 5.74) is 1.88. The number of carbonyl (C=O) groups is 1. The van der Waals surface area contributed by atoms with Crippen molar-refractivity contribution >= 4 is 5.78 Å². The third kappa shape index (κ3) is 2.63. The molecular weight excluding hydrogens is 321 g/mol. The molecule has 25 heavy (non-hydrogen) atoms. The number of aryl methyl sites for hydroxylation is 1. The second-order valence-electron chi connectivity index (χ2n) is 6.78. The van der Waals surface area contributed by atoms with Crippen LogP contribution in [0, 0.1) is 11.4 Å². The van der Waals surface area contributed by atoms with Gasteiger partial charge in [0, 0.05) is 28.9 Å². The molecule has 3 heterocycles. The summed E-state index contributed by atoms with van der Waals surface area (Å²) < 4.78 is 19.7. The van der Waals surface area contributed by atoms with Crippen LogP contribution >= 0.6 is 0 Å². The number of hydrogen-bond donors (Lipinski definition) is 0. The molecule has 1 aliphatic rings. The summed E-state index contributed by atoms with van der Waals surface area (Å²) in [7, 11) is 0. The number of hydrogen-bond acceptors (Lipinski definition) is 5. The second kappa shape index (κ2) is 5.58. The molecule has 0 atom stereocenters. The fourth-order valence-electron chi connectivity index (χ4n) is 3.01. The molecule has 0 amide bonds. The molecule has 0 spiro atoms. The molecule has 0 saturated carbocycles. The Bertz CT molecular complexity index is 964. The van der Waals surface area contributed by atoms with E-state index in [1.165, 1.54) is 6.20 Å². The number of halogens is 1. The number of carbonyl (C=O) groups excluding carboxylic acids is 1. The van der Waals surface area contributed by atoms with Crippen LogP contribution in [-0.4, -0.2) is 20.7 Å². The summed E-state index contributed by atoms with van der Waals surface area (Å²) in [6, 6.07) is 6.77. The quantitative estimate of drug-likeness (QED) is 0.704. The minimum absolute atomic E-state index is 0.0276. The fourth-order valence-corrected chi connectivity index (χ4v) is 3.01. The Morgan fingerprint density at radius 1 is 1.20 bits per heavy atom. The Morgan fingerprint density at radius 3 is 2.80 bits per heavy atom. The van der Waals surface area contributed by atoms with E-state index in [2.05, 4.69) is 15.0 Å². The van der Waals surface area contributed by atoms with E-state index in [0.717, 1.165) is 6.42 Å². The smallest absolute Gasteiger partial charge is 0.260 e. The molecule has 3 aromatic heterocycles. The Labute approximate surface area is 144 Å². The van der Waals surface area contributed by atoms with Crippen LogP contribution in [0.2, 0.25) is 0 Å². The normalized spacial score (nSPS) is 15.9. The van der Waals surface area contributed by atoms with Crippen LogP contribution in [0.4, 0.5) is 4.39 Å². The van der Waals surface area contributed by atoms with Gasteiger partial charge in [-0.05, 0) is 37.1 Å². The highest BCUT2D eigenvalue weighted by atomic mass is 19.1. The van der Waals surface area contributed by atoms with E-state index in [9.17, 15) is 9.18 Å². The van der Waals surface area contributed by atoms with Gasteiger partial charge in [0.15, 0.2) is 11.5 Å². The molecular formula is C19H16FN3O2. The molecule has 3 aromatic rings. The van der Waals surface area contributed by atoms with Crippen molar-refractivity contribution in [2.45, 2.75) is 26.7 Å². The molecule has 6 heteroatoms. The first-order chi connectivity index (χ1) is 12.0. The molecule has 5 nitrogen and oxygen atoms in total. The molecule has 0 aliphatic heterocycles. The van der Waals surface area contributed by atoms with E-state index in [4.69, 9.17) is 4.42 Å². The molecule has 0 saturated heterocycles. The topological polar surface area (TPSA) is 68.9 Å². The van der Waals surface area contributed by atoms with E-state index in [-0.39, 0.29) is 22.8 Å². The zero-order valence-electron chi connectivity index (χ0n) is 13.9. The van der Waals surface area contributed by atoms with Gasteiger partial charge in [0.1, 0.15) is 5.69 Å². The van der Waals surface area contributed by atoms with Crippen molar-refractivity contribution < 1.29 is 13.6 Å². The maximum atomic E-state index is 14.2. The first-order valence-corrected chi connectivity index (χ1v) is 8.07. The van der Waals surface area contributed by atoms with Crippen LogP contribution in [0.5, 0.6) is 0 Å². The predicted molar refractivity (Wildman–Crippen MR) is 89.4 cm³/mol. The van der Waals surface area contributed by atoms with Gasteiger partial charge in [-0.15, -0.1) is 0 Å². The van der Waals surface area contributed by atoms with Crippen molar-refractivity contribution in [3.8, 4) is 22.9 Å². The zero-order chi connectivity index (χ0) is 17.6. The SMILES string of the molecule is CC1(C)CCc2nc(-c3nc(F)c(-c4cccnc4)o3)ccc2C1=O. The van der Waals surface area contributed by atoms with Gasteiger partial charge in [-0.3, -0.25) is 9.78 Å². The number of oxazole rings is 1. The lowest BCUT2D eigenvalue weighted by Crippen LogP contribution is -2.31. The highest BCUT2D eigenvalue weighted by molar-refractivity contribution is 6.02. The summed E-state index contributed by atoms with van der Waals surface area (Å²) in [5, 5.41) is 0. The first-order valence-electron chi connectivity index (χ1n) is 8.07. The van der Waals surface area contributed by atoms with Crippen LogP contribution in [0.25, 0.3) is 22.9 Å². The highest BCUT2D eigenvalue weighted by Gasteiger charge is 2.35. The zero-order valence-corrected chi connectivity index (χ0v) is 13.9. The number of pyridine rings is 2. The van der Waals surface area contributed by atoms with Gasteiger partial charge >= 0.3 is 0 Å². The number of nitrogens with zero attached hydrogens (tertiary/aromatic N) is 3. The lowest BCUT2D eigenvalue weighted by Gasteiger charge is -2.28. The van der Waals surface area contributed by atoms with E-state index >= 15 is 0 Å². The van der Waals surface area contributed by atoms with Gasteiger partial charge in [0.25, 0.3) is 5.95 Å². The number of fused-ring (bicyclic) bond motifs is 1. The highest BCUT2D eigenvalue weighted by Crippen LogP contribution is 2.35. The van der Waals surface area contributed by atoms with Crippen molar-refractivity contribution in [2.24, 2.45) is 5.41 Å². The largest absolute Gasteiger partial charge is 0.431 e. The van der Waals surface area contributed by atoms with Crippen molar-refractivity contribution in [1.29, 1.82) is 0 Å². The molecule has 0 aromatic carbocycles. The molecule has 0 unspecified atom stereocenters. The maximum Gasteiger partial charge on any atom is 0.260 e. The average molecular weight is 337 g/mol. The van der Waals surface area contributed by atoms with Crippen LogP contribution in [0.1, 0.15) is 36.3 Å². The molecule has 0 fully saturated rings. The number of aromatic nitrogens is 3. The fraction of sp³-hybridized carbons (Fsp3) is 0.263. The van der Waals surface area contributed by atoms with Crippen LogP contribution in [0.3, 0.4) is 0 Å². The van der Waals surface area contributed by atoms with E-state index in [1.807, 2.05) is 13.8 Å². The van der Waals surface area contributed by atoms with Crippen molar-refractivity contribution in [3.63, 3.8) is 0 Å². The van der Waals surface area contributed by atoms with Crippen molar-refractivity contribution in [3.05, 3.63) is 53.9 Å². The standard InChI is InChI=1S/C19H16FN3O2/c1-19(2)8-7-13-12(16(19)24)5-6-14(22-13)18-23-17(20)15(25-18)11-4-3-9-21-10-11/h3-6,9-10H,7-8H2,1-2H3. The molecule has 0 radical (unpaired) electrons. The third-order valence-electron chi connectivity index (χ3n) is 4.55. The summed E-state index contributed by atoms with van der Waals surface area (Å²) in [6.45, 7) is 3.88. The summed E-state index contributed by atoms with van der Waals surface area (Å²) in [4.78, 5) is 24.8. The molecule has 4 rings (SSSR count). The third-order valence-corrected chi connectivity index (χ3v) is 4.55. The summed E-state index contributed by atoms with van der Waals surface area (Å²) >= 11 is 0. The van der Waals surface area contributed by atoms with Gasteiger partial charge in [0.05, 0.1) is 5.69 Å². The van der Waals surface area contributed by atoms with Crippen molar-refractivity contribution in [1.82, 2.24) is 15.0 Å². The Morgan fingerprint density at radius 2 is 2.04 bits per heavy atom. The number of rotatable bonds is 2. The molecule has 126 valence electrons. The lowest BCUT2D eigenvalue weighted by atomic mass is 9.75. The minimum Gasteiger partial charge on any atom is -0.431 e. The van der Waals surface area contributed by atoms with E-state index in [1.54, 1.807) is 30.5 Å². The van der Waals surface area contributed by atoms with Crippen LogP contribution in [-0.2, 0) is 6.42 Å². The number of ketones is 1. The average Bonchev–Trinajstić information content (AvgIpc) is 3.01. The Hall–Kier alpha value is -2.89. The predicted octanol–water partition coefficient (Wildman–Crippen LogP) is 4.09. The second-order valence-corrected chi connectivity index (χ2v) is 6.78. The Kier molecular flexibility index (Phi) is 3.49. The Balaban J connectivity index is 1.74. The van der Waals surface area contributed by atoms with Crippen LogP contribution in [0.15, 0.2) is 41.1 Å². The van der Waals surface area contributed by atoms with E-state index in [0.29, 0.717) is 28.9 Å².